The van der Waals surface area contributed by atoms with Crippen LogP contribution in [0.15, 0.2) is 24.4 Å². The number of nitrogen functional groups attached to an aromatic ring is 1. The molecule has 0 amide bonds. The SMILES string of the molecule is CCn1ncc(-c2cc(N)ccc2C)c1C. The van der Waals surface area contributed by atoms with E-state index in [1.54, 1.807) is 0 Å². The number of rotatable bonds is 2. The van der Waals surface area contributed by atoms with Crippen LogP contribution in [-0.2, 0) is 6.54 Å². The van der Waals surface area contributed by atoms with Crippen LogP contribution in [0, 0.1) is 13.8 Å². The highest BCUT2D eigenvalue weighted by Gasteiger charge is 2.09. The molecule has 16 heavy (non-hydrogen) atoms. The summed E-state index contributed by atoms with van der Waals surface area (Å²) < 4.78 is 2.00. The second-order valence-electron chi connectivity index (χ2n) is 4.03. The predicted octanol–water partition coefficient (Wildman–Crippen LogP) is 2.77. The van der Waals surface area contributed by atoms with Gasteiger partial charge in [0.15, 0.2) is 0 Å². The number of aromatic nitrogens is 2. The van der Waals surface area contributed by atoms with Crippen LogP contribution in [-0.4, -0.2) is 9.78 Å². The van der Waals surface area contributed by atoms with Crippen LogP contribution in [0.25, 0.3) is 11.1 Å². The van der Waals surface area contributed by atoms with Gasteiger partial charge < -0.3 is 5.73 Å². The summed E-state index contributed by atoms with van der Waals surface area (Å²) in [4.78, 5) is 0. The first-order valence-corrected chi connectivity index (χ1v) is 5.52. The predicted molar refractivity (Wildman–Crippen MR) is 67.2 cm³/mol. The van der Waals surface area contributed by atoms with Gasteiger partial charge in [-0.15, -0.1) is 0 Å². The van der Waals surface area contributed by atoms with Gasteiger partial charge in [-0.2, -0.15) is 5.10 Å². The normalized spacial score (nSPS) is 10.7. The van der Waals surface area contributed by atoms with E-state index in [0.29, 0.717) is 0 Å². The maximum atomic E-state index is 5.83. The summed E-state index contributed by atoms with van der Waals surface area (Å²) in [6.45, 7) is 7.18. The highest BCUT2D eigenvalue weighted by atomic mass is 15.3. The van der Waals surface area contributed by atoms with Crippen LogP contribution in [0.3, 0.4) is 0 Å². The fourth-order valence-corrected chi connectivity index (χ4v) is 1.96. The second-order valence-corrected chi connectivity index (χ2v) is 4.03. The van der Waals surface area contributed by atoms with Gasteiger partial charge in [0.05, 0.1) is 6.20 Å². The molecule has 0 spiro atoms. The van der Waals surface area contributed by atoms with Crippen LogP contribution < -0.4 is 5.73 Å². The molecule has 1 heterocycles. The minimum absolute atomic E-state index is 0.796. The average molecular weight is 215 g/mol. The number of aryl methyl sites for hydroxylation is 2. The molecule has 0 aliphatic heterocycles. The first kappa shape index (κ1) is 10.7. The zero-order valence-corrected chi connectivity index (χ0v) is 9.99. The molecule has 0 atom stereocenters. The van der Waals surface area contributed by atoms with Gasteiger partial charge in [0, 0.05) is 23.5 Å². The Morgan fingerprint density at radius 1 is 1.25 bits per heavy atom. The number of nitrogens with zero attached hydrogens (tertiary/aromatic N) is 2. The van der Waals surface area contributed by atoms with Gasteiger partial charge in [0.25, 0.3) is 0 Å². The topological polar surface area (TPSA) is 43.8 Å². The summed E-state index contributed by atoms with van der Waals surface area (Å²) in [5.41, 5.74) is 11.4. The van der Waals surface area contributed by atoms with Crippen LogP contribution in [0.4, 0.5) is 5.69 Å². The largest absolute Gasteiger partial charge is 0.399 e. The van der Waals surface area contributed by atoms with E-state index in [1.807, 2.05) is 29.1 Å². The van der Waals surface area contributed by atoms with E-state index in [9.17, 15) is 0 Å². The lowest BCUT2D eigenvalue weighted by atomic mass is 10.0. The van der Waals surface area contributed by atoms with E-state index in [0.717, 1.165) is 12.2 Å². The Morgan fingerprint density at radius 2 is 2.00 bits per heavy atom. The van der Waals surface area contributed by atoms with Gasteiger partial charge in [-0.1, -0.05) is 6.07 Å². The molecule has 2 aromatic rings. The molecule has 1 aromatic heterocycles. The molecule has 2 N–H and O–H groups in total. The molecule has 0 aliphatic carbocycles. The van der Waals surface area contributed by atoms with Crippen molar-refractivity contribution >= 4 is 5.69 Å². The van der Waals surface area contributed by atoms with E-state index in [4.69, 9.17) is 5.73 Å². The summed E-state index contributed by atoms with van der Waals surface area (Å²) in [5.74, 6) is 0. The Labute approximate surface area is 95.9 Å². The van der Waals surface area contributed by atoms with Crippen molar-refractivity contribution in [2.75, 3.05) is 5.73 Å². The summed E-state index contributed by atoms with van der Waals surface area (Å²) in [6, 6.07) is 5.99. The van der Waals surface area contributed by atoms with E-state index in [1.165, 1.54) is 22.4 Å². The van der Waals surface area contributed by atoms with Crippen molar-refractivity contribution in [3.8, 4) is 11.1 Å². The summed E-state index contributed by atoms with van der Waals surface area (Å²) in [6.07, 6.45) is 1.92. The fraction of sp³-hybridized carbons (Fsp3) is 0.308. The molecule has 0 saturated heterocycles. The van der Waals surface area contributed by atoms with Crippen molar-refractivity contribution < 1.29 is 0 Å². The molecule has 2 rings (SSSR count). The minimum Gasteiger partial charge on any atom is -0.399 e. The van der Waals surface area contributed by atoms with Gasteiger partial charge in [-0.3, -0.25) is 4.68 Å². The maximum Gasteiger partial charge on any atom is 0.0571 e. The van der Waals surface area contributed by atoms with Crippen molar-refractivity contribution in [2.45, 2.75) is 27.3 Å². The number of benzene rings is 1. The highest BCUT2D eigenvalue weighted by molar-refractivity contribution is 5.72. The zero-order valence-electron chi connectivity index (χ0n) is 9.99. The number of nitrogens with two attached hydrogens (primary N) is 1. The third kappa shape index (κ3) is 1.69. The third-order valence-corrected chi connectivity index (χ3v) is 2.95. The van der Waals surface area contributed by atoms with Crippen LogP contribution in [0.2, 0.25) is 0 Å². The van der Waals surface area contributed by atoms with Crippen LogP contribution in [0.5, 0.6) is 0 Å². The van der Waals surface area contributed by atoms with Crippen molar-refractivity contribution in [1.82, 2.24) is 9.78 Å². The van der Waals surface area contributed by atoms with Crippen molar-refractivity contribution in [1.29, 1.82) is 0 Å². The Hall–Kier alpha value is -1.77. The monoisotopic (exact) mass is 215 g/mol. The Balaban J connectivity index is 2.58. The molecule has 0 unspecified atom stereocenters. The van der Waals surface area contributed by atoms with Gasteiger partial charge in [-0.25, -0.2) is 0 Å². The molecule has 0 saturated carbocycles. The molecule has 84 valence electrons. The van der Waals surface area contributed by atoms with Crippen molar-refractivity contribution in [3.05, 3.63) is 35.7 Å². The lowest BCUT2D eigenvalue weighted by molar-refractivity contribution is 0.640. The minimum atomic E-state index is 0.796. The lowest BCUT2D eigenvalue weighted by Gasteiger charge is -2.07. The summed E-state index contributed by atoms with van der Waals surface area (Å²) >= 11 is 0. The molecular weight excluding hydrogens is 198 g/mol. The molecular formula is C13H17N3. The highest BCUT2D eigenvalue weighted by Crippen LogP contribution is 2.28. The second kappa shape index (κ2) is 4.00. The van der Waals surface area contributed by atoms with E-state index < -0.39 is 0 Å². The van der Waals surface area contributed by atoms with Crippen LogP contribution in [0.1, 0.15) is 18.2 Å². The van der Waals surface area contributed by atoms with Crippen LogP contribution >= 0.6 is 0 Å². The quantitative estimate of drug-likeness (QED) is 0.783. The van der Waals surface area contributed by atoms with Gasteiger partial charge in [0.1, 0.15) is 0 Å². The van der Waals surface area contributed by atoms with E-state index in [2.05, 4.69) is 25.9 Å². The summed E-state index contributed by atoms with van der Waals surface area (Å²) in [7, 11) is 0. The Bertz CT molecular complexity index is 512. The van der Waals surface area contributed by atoms with Crippen molar-refractivity contribution in [3.63, 3.8) is 0 Å². The smallest absolute Gasteiger partial charge is 0.0571 e. The fourth-order valence-electron chi connectivity index (χ4n) is 1.96. The first-order chi connectivity index (χ1) is 7.63. The molecule has 3 heteroatoms. The third-order valence-electron chi connectivity index (χ3n) is 2.95. The Morgan fingerprint density at radius 3 is 2.62 bits per heavy atom. The Kier molecular flexibility index (Phi) is 2.69. The molecule has 0 aliphatic rings. The molecule has 3 nitrogen and oxygen atoms in total. The first-order valence-electron chi connectivity index (χ1n) is 5.52. The lowest BCUT2D eigenvalue weighted by Crippen LogP contribution is -1.98. The molecule has 0 radical (unpaired) electrons. The van der Waals surface area contributed by atoms with Gasteiger partial charge in [-0.05, 0) is 44.0 Å². The summed E-state index contributed by atoms with van der Waals surface area (Å²) in [5, 5.41) is 4.36. The van der Waals surface area contributed by atoms with Gasteiger partial charge in [0.2, 0.25) is 0 Å². The van der Waals surface area contributed by atoms with E-state index >= 15 is 0 Å². The average Bonchev–Trinajstić information content (AvgIpc) is 2.63. The van der Waals surface area contributed by atoms with E-state index in [-0.39, 0.29) is 0 Å². The standard InChI is InChI=1S/C13H17N3/c1-4-16-10(3)13(8-15-16)12-7-11(14)6-5-9(12)2/h5-8H,4,14H2,1-3H3. The molecule has 0 fully saturated rings. The maximum absolute atomic E-state index is 5.83. The number of anilines is 1. The molecule has 0 bridgehead atoms. The zero-order chi connectivity index (χ0) is 11.7. The molecule has 1 aromatic carbocycles. The van der Waals surface area contributed by atoms with Gasteiger partial charge >= 0.3 is 0 Å². The number of hydrogen-bond acceptors (Lipinski definition) is 2. The van der Waals surface area contributed by atoms with Crippen molar-refractivity contribution in [2.24, 2.45) is 0 Å². The number of hydrogen-bond donors (Lipinski definition) is 1.